The monoisotopic (exact) mass is 146 g/mol. The van der Waals surface area contributed by atoms with Crippen molar-refractivity contribution < 1.29 is 28.2 Å². The van der Waals surface area contributed by atoms with Crippen LogP contribution in [0.15, 0.2) is 0 Å². The van der Waals surface area contributed by atoms with E-state index in [0.29, 0.717) is 0 Å². The summed E-state index contributed by atoms with van der Waals surface area (Å²) in [5.74, 6) is 0. The summed E-state index contributed by atoms with van der Waals surface area (Å²) in [5, 5.41) is 14.1. The summed E-state index contributed by atoms with van der Waals surface area (Å²) < 4.78 is 31.7. The van der Waals surface area contributed by atoms with E-state index in [-0.39, 0.29) is 6.47 Å². The Bertz CT molecular complexity index is 59.3. The summed E-state index contributed by atoms with van der Waals surface area (Å²) in [6.07, 6.45) is -6.24. The van der Waals surface area contributed by atoms with Crippen molar-refractivity contribution in [2.45, 2.75) is 12.8 Å². The van der Waals surface area contributed by atoms with Crippen molar-refractivity contribution in [2.75, 3.05) is 0 Å². The summed E-state index contributed by atoms with van der Waals surface area (Å²) in [5.41, 5.74) is 0. The number of alkyl halides is 3. The van der Waals surface area contributed by atoms with Crippen molar-refractivity contribution >= 4 is 6.47 Å². The van der Waals surface area contributed by atoms with Crippen LogP contribution in [0.3, 0.4) is 0 Å². The quantitative estimate of drug-likeness (QED) is 0.521. The summed E-state index contributed by atoms with van der Waals surface area (Å²) in [6.45, 7) is -0.250. The van der Waals surface area contributed by atoms with Crippen LogP contribution in [-0.2, 0) is 4.79 Å². The van der Waals surface area contributed by atoms with Gasteiger partial charge in [-0.25, -0.2) is 13.2 Å². The third-order valence-electron chi connectivity index (χ3n) is 0.208. The Hall–Kier alpha value is -0.780. The van der Waals surface area contributed by atoms with Crippen molar-refractivity contribution in [1.82, 2.24) is 0 Å². The number of hydrogen-bond donors (Lipinski definition) is 2. The first-order valence-electron chi connectivity index (χ1n) is 1.74. The van der Waals surface area contributed by atoms with E-state index in [9.17, 15) is 13.2 Å². The van der Waals surface area contributed by atoms with Crippen LogP contribution in [0.4, 0.5) is 13.2 Å². The van der Waals surface area contributed by atoms with E-state index >= 15 is 0 Å². The molecule has 0 aromatic carbocycles. The second kappa shape index (κ2) is 7.22. The van der Waals surface area contributed by atoms with E-state index in [1.54, 1.807) is 0 Å². The highest BCUT2D eigenvalue weighted by Gasteiger charge is 2.12. The second-order valence-corrected chi connectivity index (χ2v) is 0.813. The van der Waals surface area contributed by atoms with Gasteiger partial charge in [0.15, 0.2) is 0 Å². The van der Waals surface area contributed by atoms with Gasteiger partial charge in [0.25, 0.3) is 19.3 Å². The minimum atomic E-state index is -3.26. The molecule has 0 aromatic rings. The lowest BCUT2D eigenvalue weighted by Gasteiger charge is -1.92. The molecule has 0 rings (SSSR count). The second-order valence-electron chi connectivity index (χ2n) is 0.813. The average Bonchev–Trinajstić information content (AvgIpc) is 1.68. The highest BCUT2D eigenvalue weighted by Crippen LogP contribution is 1.98. The topological polar surface area (TPSA) is 57.5 Å². The predicted octanol–water partition coefficient (Wildman–Crippen LogP) is 0.240. The van der Waals surface area contributed by atoms with E-state index in [2.05, 4.69) is 0 Å². The Balaban J connectivity index is 0. The molecule has 0 saturated heterocycles. The van der Waals surface area contributed by atoms with Crippen LogP contribution in [-0.4, -0.2) is 29.5 Å². The Kier molecular flexibility index (Phi) is 8.89. The number of halogens is 3. The molecule has 1 atom stereocenters. The molecule has 2 N–H and O–H groups in total. The van der Waals surface area contributed by atoms with Gasteiger partial charge in [-0.3, -0.25) is 4.79 Å². The molecule has 9 heavy (non-hydrogen) atoms. The highest BCUT2D eigenvalue weighted by molar-refractivity contribution is 5.32. The number of rotatable bonds is 1. The average molecular weight is 146 g/mol. The first-order valence-corrected chi connectivity index (χ1v) is 1.74. The molecule has 0 spiro atoms. The third-order valence-corrected chi connectivity index (χ3v) is 0.208. The standard InChI is InChI=1S/C2H3F3O.CH2O2/c3-1(4)2(5)6;2-1-3/h1-2,6H;1H,(H,2,3). The van der Waals surface area contributed by atoms with Crippen molar-refractivity contribution in [2.24, 2.45) is 0 Å². The summed E-state index contributed by atoms with van der Waals surface area (Å²) in [4.78, 5) is 8.36. The van der Waals surface area contributed by atoms with Crippen LogP contribution in [0.25, 0.3) is 0 Å². The van der Waals surface area contributed by atoms with Gasteiger partial charge in [-0.1, -0.05) is 0 Å². The fraction of sp³-hybridized carbons (Fsp3) is 0.667. The SMILES string of the molecule is O=CO.OC(F)C(F)F. The maximum atomic E-state index is 10.6. The van der Waals surface area contributed by atoms with Gasteiger partial charge in [0.1, 0.15) is 0 Å². The number of aliphatic hydroxyl groups is 1. The molecule has 0 saturated carbocycles. The van der Waals surface area contributed by atoms with Gasteiger partial charge in [-0.2, -0.15) is 0 Å². The Labute approximate surface area is 48.7 Å². The fourth-order valence-electron chi connectivity index (χ4n) is 0. The summed E-state index contributed by atoms with van der Waals surface area (Å²) in [6, 6.07) is 0. The molecule has 0 aromatic heterocycles. The molecule has 0 heterocycles. The molecule has 3 nitrogen and oxygen atoms in total. The molecule has 0 radical (unpaired) electrons. The van der Waals surface area contributed by atoms with Gasteiger partial charge in [0.05, 0.1) is 0 Å². The van der Waals surface area contributed by atoms with Crippen LogP contribution in [0.5, 0.6) is 0 Å². The van der Waals surface area contributed by atoms with Crippen LogP contribution in [0.1, 0.15) is 0 Å². The molecule has 56 valence electrons. The lowest BCUT2D eigenvalue weighted by Crippen LogP contribution is -2.08. The Morgan fingerprint density at radius 1 is 1.33 bits per heavy atom. The van der Waals surface area contributed by atoms with Crippen molar-refractivity contribution in [3.63, 3.8) is 0 Å². The maximum absolute atomic E-state index is 10.6. The van der Waals surface area contributed by atoms with E-state index in [0.717, 1.165) is 0 Å². The third kappa shape index (κ3) is 19.0. The van der Waals surface area contributed by atoms with Crippen molar-refractivity contribution in [1.29, 1.82) is 0 Å². The number of carboxylic acid groups (broad SMARTS) is 1. The Morgan fingerprint density at radius 3 is 1.44 bits per heavy atom. The molecule has 1 unspecified atom stereocenters. The minimum Gasteiger partial charge on any atom is -0.483 e. The normalized spacial score (nSPS) is 11.7. The molecule has 0 fully saturated rings. The molecule has 0 bridgehead atoms. The van der Waals surface area contributed by atoms with Gasteiger partial charge in [0, 0.05) is 0 Å². The van der Waals surface area contributed by atoms with Gasteiger partial charge in [0.2, 0.25) is 0 Å². The molecular weight excluding hydrogens is 141 g/mol. The Morgan fingerprint density at radius 2 is 1.44 bits per heavy atom. The maximum Gasteiger partial charge on any atom is 0.293 e. The zero-order valence-corrected chi connectivity index (χ0v) is 4.17. The predicted molar refractivity (Wildman–Crippen MR) is 21.8 cm³/mol. The zero-order chi connectivity index (χ0) is 7.86. The first kappa shape index (κ1) is 11.1. The van der Waals surface area contributed by atoms with E-state index in [4.69, 9.17) is 15.0 Å². The van der Waals surface area contributed by atoms with Crippen LogP contribution < -0.4 is 0 Å². The van der Waals surface area contributed by atoms with E-state index < -0.39 is 12.8 Å². The summed E-state index contributed by atoms with van der Waals surface area (Å²) >= 11 is 0. The lowest BCUT2D eigenvalue weighted by molar-refractivity contribution is -0.122. The number of carbonyl (C=O) groups is 1. The number of aliphatic hydroxyl groups excluding tert-OH is 1. The van der Waals surface area contributed by atoms with E-state index in [1.807, 2.05) is 0 Å². The summed E-state index contributed by atoms with van der Waals surface area (Å²) in [7, 11) is 0. The van der Waals surface area contributed by atoms with Gasteiger partial charge in [-0.05, 0) is 0 Å². The smallest absolute Gasteiger partial charge is 0.293 e. The first-order chi connectivity index (χ1) is 4.06. The van der Waals surface area contributed by atoms with Crippen molar-refractivity contribution in [3.05, 3.63) is 0 Å². The molecule has 0 aliphatic heterocycles. The van der Waals surface area contributed by atoms with Gasteiger partial charge in [-0.15, -0.1) is 0 Å². The van der Waals surface area contributed by atoms with Crippen LogP contribution in [0.2, 0.25) is 0 Å². The van der Waals surface area contributed by atoms with Crippen molar-refractivity contribution in [3.8, 4) is 0 Å². The molecule has 0 amide bonds. The van der Waals surface area contributed by atoms with E-state index in [1.165, 1.54) is 0 Å². The molecule has 0 aliphatic carbocycles. The highest BCUT2D eigenvalue weighted by atomic mass is 19.3. The van der Waals surface area contributed by atoms with Gasteiger partial charge >= 0.3 is 0 Å². The molecule has 6 heteroatoms. The van der Waals surface area contributed by atoms with Gasteiger partial charge < -0.3 is 10.2 Å². The fourth-order valence-corrected chi connectivity index (χ4v) is 0. The number of hydrogen-bond acceptors (Lipinski definition) is 2. The zero-order valence-electron chi connectivity index (χ0n) is 4.17. The van der Waals surface area contributed by atoms with Crippen LogP contribution >= 0.6 is 0 Å². The minimum absolute atomic E-state index is 0.250. The molecule has 0 aliphatic rings. The lowest BCUT2D eigenvalue weighted by atomic mass is 10.7. The largest absolute Gasteiger partial charge is 0.483 e. The van der Waals surface area contributed by atoms with Crippen LogP contribution in [0, 0.1) is 0 Å². The molecular formula is C3H5F3O3.